The molecule has 0 radical (unpaired) electrons. The Hall–Kier alpha value is -1.32. The fraction of sp³-hybridized carbons (Fsp3) is 0.750. The predicted molar refractivity (Wildman–Crippen MR) is 80.0 cm³/mol. The van der Waals surface area contributed by atoms with E-state index in [1.165, 1.54) is 25.7 Å². The summed E-state index contributed by atoms with van der Waals surface area (Å²) in [5.74, 6) is 4.11. The van der Waals surface area contributed by atoms with Crippen LogP contribution in [0.25, 0.3) is 0 Å². The van der Waals surface area contributed by atoms with E-state index in [0.717, 1.165) is 30.0 Å². The highest BCUT2D eigenvalue weighted by Crippen LogP contribution is 2.49. The van der Waals surface area contributed by atoms with Crippen LogP contribution in [0.4, 0.5) is 5.95 Å². The minimum atomic E-state index is 0.142. The third kappa shape index (κ3) is 3.62. The Morgan fingerprint density at radius 1 is 1.20 bits per heavy atom. The van der Waals surface area contributed by atoms with Crippen molar-refractivity contribution >= 4 is 5.95 Å². The van der Waals surface area contributed by atoms with Crippen LogP contribution < -0.4 is 10.1 Å². The first-order valence-corrected chi connectivity index (χ1v) is 7.88. The van der Waals surface area contributed by atoms with Crippen LogP contribution in [0.5, 0.6) is 5.88 Å². The zero-order valence-electron chi connectivity index (χ0n) is 12.7. The molecule has 110 valence electrons. The SMILES string of the molecule is Cc1cc(OC(C)C)nc(NCC(C2CC2)C2CC2)n1. The van der Waals surface area contributed by atoms with Gasteiger partial charge in [0.15, 0.2) is 0 Å². The van der Waals surface area contributed by atoms with E-state index in [1.807, 2.05) is 26.8 Å². The molecule has 1 aromatic heterocycles. The van der Waals surface area contributed by atoms with Crippen molar-refractivity contribution in [3.63, 3.8) is 0 Å². The molecule has 2 aliphatic rings. The summed E-state index contributed by atoms with van der Waals surface area (Å²) in [5, 5.41) is 3.44. The van der Waals surface area contributed by atoms with E-state index in [2.05, 4.69) is 15.3 Å². The van der Waals surface area contributed by atoms with Gasteiger partial charge in [-0.15, -0.1) is 0 Å². The Kier molecular flexibility index (Phi) is 3.81. The highest BCUT2D eigenvalue weighted by atomic mass is 16.5. The third-order valence-electron chi connectivity index (χ3n) is 4.14. The molecule has 4 nitrogen and oxygen atoms in total. The standard InChI is InChI=1S/C16H25N3O/c1-10(2)20-15-8-11(3)18-16(19-15)17-9-14(12-4-5-12)13-6-7-13/h8,10,12-14H,4-7,9H2,1-3H3,(H,17,18,19). The molecule has 1 aromatic rings. The lowest BCUT2D eigenvalue weighted by atomic mass is 9.98. The first kappa shape index (κ1) is 13.7. The maximum atomic E-state index is 5.67. The van der Waals surface area contributed by atoms with Crippen LogP contribution in [0.15, 0.2) is 6.07 Å². The predicted octanol–water partition coefficient (Wildman–Crippen LogP) is 3.42. The summed E-state index contributed by atoms with van der Waals surface area (Å²) < 4.78 is 5.67. The van der Waals surface area contributed by atoms with Crippen LogP contribution in [0.2, 0.25) is 0 Å². The number of nitrogens with zero attached hydrogens (tertiary/aromatic N) is 2. The molecule has 2 aliphatic carbocycles. The molecule has 2 fully saturated rings. The molecule has 0 spiro atoms. The van der Waals surface area contributed by atoms with Crippen LogP contribution in [0.1, 0.15) is 45.2 Å². The van der Waals surface area contributed by atoms with Gasteiger partial charge in [0.25, 0.3) is 0 Å². The number of nitrogens with one attached hydrogen (secondary N) is 1. The van der Waals surface area contributed by atoms with E-state index in [9.17, 15) is 0 Å². The Morgan fingerprint density at radius 3 is 2.40 bits per heavy atom. The van der Waals surface area contributed by atoms with Crippen molar-refractivity contribution in [2.45, 2.75) is 52.6 Å². The minimum absolute atomic E-state index is 0.142. The second-order valence-electron chi connectivity index (χ2n) is 6.56. The highest BCUT2D eigenvalue weighted by molar-refractivity contribution is 5.31. The third-order valence-corrected chi connectivity index (χ3v) is 4.14. The van der Waals surface area contributed by atoms with Gasteiger partial charge in [0.2, 0.25) is 11.8 Å². The summed E-state index contributed by atoms with van der Waals surface area (Å²) in [4.78, 5) is 8.93. The first-order valence-electron chi connectivity index (χ1n) is 7.88. The zero-order chi connectivity index (χ0) is 14.1. The summed E-state index contributed by atoms with van der Waals surface area (Å²) in [6, 6.07) is 1.89. The summed E-state index contributed by atoms with van der Waals surface area (Å²) in [6.45, 7) is 7.03. The lowest BCUT2D eigenvalue weighted by Crippen LogP contribution is -2.20. The molecule has 2 saturated carbocycles. The number of anilines is 1. The quantitative estimate of drug-likeness (QED) is 0.828. The summed E-state index contributed by atoms with van der Waals surface area (Å²) >= 11 is 0. The molecule has 3 rings (SSSR count). The van der Waals surface area contributed by atoms with Gasteiger partial charge in [-0.1, -0.05) is 0 Å². The Morgan fingerprint density at radius 2 is 1.85 bits per heavy atom. The summed E-state index contributed by atoms with van der Waals surface area (Å²) in [6.07, 6.45) is 5.81. The average molecular weight is 275 g/mol. The number of rotatable bonds is 7. The van der Waals surface area contributed by atoms with Crippen molar-refractivity contribution in [1.29, 1.82) is 0 Å². The van der Waals surface area contributed by atoms with Crippen molar-refractivity contribution < 1.29 is 4.74 Å². The van der Waals surface area contributed by atoms with E-state index in [-0.39, 0.29) is 6.10 Å². The van der Waals surface area contributed by atoms with Crippen LogP contribution in [0, 0.1) is 24.7 Å². The smallest absolute Gasteiger partial charge is 0.226 e. The Labute approximate surface area is 121 Å². The topological polar surface area (TPSA) is 47.0 Å². The molecule has 1 N–H and O–H groups in total. The van der Waals surface area contributed by atoms with E-state index in [4.69, 9.17) is 4.74 Å². The fourth-order valence-electron chi connectivity index (χ4n) is 2.90. The fourth-order valence-corrected chi connectivity index (χ4v) is 2.90. The number of aromatic nitrogens is 2. The number of aryl methyl sites for hydroxylation is 1. The van der Waals surface area contributed by atoms with Gasteiger partial charge in [-0.25, -0.2) is 4.98 Å². The van der Waals surface area contributed by atoms with Gasteiger partial charge in [-0.05, 0) is 64.2 Å². The molecule has 0 unspecified atom stereocenters. The molecule has 4 heteroatoms. The van der Waals surface area contributed by atoms with E-state index in [1.54, 1.807) is 0 Å². The van der Waals surface area contributed by atoms with Crippen LogP contribution in [-0.4, -0.2) is 22.6 Å². The lowest BCUT2D eigenvalue weighted by Gasteiger charge is -2.17. The maximum absolute atomic E-state index is 5.67. The first-order chi connectivity index (χ1) is 9.61. The van der Waals surface area contributed by atoms with Gasteiger partial charge in [0, 0.05) is 18.3 Å². The van der Waals surface area contributed by atoms with Crippen molar-refractivity contribution in [3.8, 4) is 5.88 Å². The largest absolute Gasteiger partial charge is 0.475 e. The number of hydrogen-bond acceptors (Lipinski definition) is 4. The van der Waals surface area contributed by atoms with Gasteiger partial charge in [-0.3, -0.25) is 0 Å². The van der Waals surface area contributed by atoms with Gasteiger partial charge in [0.05, 0.1) is 6.10 Å². The molecule has 0 atom stereocenters. The lowest BCUT2D eigenvalue weighted by molar-refractivity contribution is 0.232. The van der Waals surface area contributed by atoms with Crippen molar-refractivity contribution in [1.82, 2.24) is 9.97 Å². The molecular weight excluding hydrogens is 250 g/mol. The maximum Gasteiger partial charge on any atom is 0.226 e. The van der Waals surface area contributed by atoms with Gasteiger partial charge in [-0.2, -0.15) is 4.98 Å². The van der Waals surface area contributed by atoms with E-state index in [0.29, 0.717) is 11.8 Å². The van der Waals surface area contributed by atoms with Crippen molar-refractivity contribution in [3.05, 3.63) is 11.8 Å². The second-order valence-corrected chi connectivity index (χ2v) is 6.56. The summed E-state index contributed by atoms with van der Waals surface area (Å²) in [5.41, 5.74) is 0.951. The van der Waals surface area contributed by atoms with Crippen LogP contribution in [0.3, 0.4) is 0 Å². The Bertz CT molecular complexity index is 455. The summed E-state index contributed by atoms with van der Waals surface area (Å²) in [7, 11) is 0. The van der Waals surface area contributed by atoms with Gasteiger partial charge >= 0.3 is 0 Å². The second kappa shape index (κ2) is 5.58. The monoisotopic (exact) mass is 275 g/mol. The highest BCUT2D eigenvalue weighted by Gasteiger charge is 2.41. The van der Waals surface area contributed by atoms with E-state index < -0.39 is 0 Å². The zero-order valence-corrected chi connectivity index (χ0v) is 12.7. The molecule has 0 bridgehead atoms. The molecule has 1 heterocycles. The minimum Gasteiger partial charge on any atom is -0.475 e. The Balaban J connectivity index is 1.62. The molecule has 0 aliphatic heterocycles. The average Bonchev–Trinajstić information content (AvgIpc) is 3.23. The normalized spacial score (nSPS) is 18.6. The van der Waals surface area contributed by atoms with Crippen molar-refractivity contribution in [2.24, 2.45) is 17.8 Å². The van der Waals surface area contributed by atoms with E-state index >= 15 is 0 Å². The molecule has 0 saturated heterocycles. The van der Waals surface area contributed by atoms with Crippen molar-refractivity contribution in [2.75, 3.05) is 11.9 Å². The number of hydrogen-bond donors (Lipinski definition) is 1. The van der Waals surface area contributed by atoms with Crippen LogP contribution in [-0.2, 0) is 0 Å². The van der Waals surface area contributed by atoms with Gasteiger partial charge in [0.1, 0.15) is 0 Å². The molecule has 0 aromatic carbocycles. The van der Waals surface area contributed by atoms with Crippen LogP contribution >= 0.6 is 0 Å². The number of ether oxygens (including phenoxy) is 1. The molecule has 0 amide bonds. The van der Waals surface area contributed by atoms with Gasteiger partial charge < -0.3 is 10.1 Å². The molecule has 20 heavy (non-hydrogen) atoms. The molecular formula is C16H25N3O.